The Labute approximate surface area is 78.6 Å². The highest BCUT2D eigenvalue weighted by molar-refractivity contribution is 5.95. The molecule has 1 rings (SSSR count). The second-order valence-corrected chi connectivity index (χ2v) is 3.11. The van der Waals surface area contributed by atoms with E-state index in [-0.39, 0.29) is 5.78 Å². The Morgan fingerprint density at radius 1 is 1.62 bits per heavy atom. The highest BCUT2D eigenvalue weighted by Crippen LogP contribution is 2.18. The van der Waals surface area contributed by atoms with Gasteiger partial charge in [0.15, 0.2) is 5.78 Å². The molecule has 0 saturated carbocycles. The molecule has 0 fully saturated rings. The van der Waals surface area contributed by atoms with Crippen LogP contribution in [0.4, 0.5) is 0 Å². The Kier molecular flexibility index (Phi) is 3.98. The van der Waals surface area contributed by atoms with Crippen LogP contribution in [0.25, 0.3) is 0 Å². The van der Waals surface area contributed by atoms with Crippen molar-refractivity contribution in [2.24, 2.45) is 0 Å². The Hall–Kier alpha value is -1.36. The number of rotatable bonds is 3. The lowest BCUT2D eigenvalue weighted by Gasteiger charge is -2.09. The molecule has 0 bridgehead atoms. The smallest absolute Gasteiger partial charge is 0.158 e. The van der Waals surface area contributed by atoms with Crippen molar-refractivity contribution in [2.75, 3.05) is 0 Å². The van der Waals surface area contributed by atoms with Crippen LogP contribution in [0.1, 0.15) is 32.1 Å². The minimum atomic E-state index is 0.289. The molecule has 0 unspecified atom stereocenters. The lowest BCUT2D eigenvalue weighted by molar-refractivity contribution is -0.116. The van der Waals surface area contributed by atoms with Gasteiger partial charge in [-0.2, -0.15) is 5.26 Å². The summed E-state index contributed by atoms with van der Waals surface area (Å²) in [7, 11) is 0. The van der Waals surface area contributed by atoms with Gasteiger partial charge in [-0.3, -0.25) is 4.79 Å². The molecule has 0 N–H and O–H groups in total. The molecule has 68 valence electrons. The molecule has 0 aromatic carbocycles. The number of ketones is 1. The van der Waals surface area contributed by atoms with Gasteiger partial charge in [0.1, 0.15) is 0 Å². The third kappa shape index (κ3) is 3.25. The number of nitriles is 1. The monoisotopic (exact) mass is 175 g/mol. The first kappa shape index (κ1) is 9.73. The number of carbonyl (C=O) groups excluding carboxylic acids is 1. The number of hydrogen-bond acceptors (Lipinski definition) is 2. The zero-order valence-electron chi connectivity index (χ0n) is 7.62. The van der Waals surface area contributed by atoms with E-state index in [1.165, 1.54) is 6.08 Å². The fourth-order valence-electron chi connectivity index (χ4n) is 1.43. The number of allylic oxidation sites excluding steroid dienone is 4. The molecule has 0 spiro atoms. The molecule has 1 aliphatic rings. The van der Waals surface area contributed by atoms with Crippen molar-refractivity contribution in [1.29, 1.82) is 5.26 Å². The van der Waals surface area contributed by atoms with Gasteiger partial charge in [0.05, 0.1) is 6.07 Å². The van der Waals surface area contributed by atoms with E-state index in [4.69, 9.17) is 5.26 Å². The predicted molar refractivity (Wildman–Crippen MR) is 50.9 cm³/mol. The largest absolute Gasteiger partial charge is 0.295 e. The molecule has 0 aliphatic heterocycles. The van der Waals surface area contributed by atoms with Crippen LogP contribution in [0.5, 0.6) is 0 Å². The van der Waals surface area contributed by atoms with Crippen LogP contribution < -0.4 is 0 Å². The van der Waals surface area contributed by atoms with Gasteiger partial charge < -0.3 is 0 Å². The van der Waals surface area contributed by atoms with Gasteiger partial charge in [-0.25, -0.2) is 0 Å². The molecule has 0 atom stereocenters. The molecule has 0 heterocycles. The van der Waals surface area contributed by atoms with Crippen LogP contribution in [-0.2, 0) is 4.79 Å². The molecular weight excluding hydrogens is 162 g/mol. The van der Waals surface area contributed by atoms with Gasteiger partial charge in [0.2, 0.25) is 0 Å². The van der Waals surface area contributed by atoms with Gasteiger partial charge in [0, 0.05) is 12.5 Å². The molecule has 0 radical (unpaired) electrons. The molecule has 1 aliphatic carbocycles. The molecule has 0 amide bonds. The molecule has 2 heteroatoms. The average Bonchev–Trinajstić information content (AvgIpc) is 2.15. The zero-order chi connectivity index (χ0) is 9.52. The Morgan fingerprint density at radius 2 is 2.46 bits per heavy atom. The summed E-state index contributed by atoms with van der Waals surface area (Å²) in [4.78, 5) is 11.3. The minimum Gasteiger partial charge on any atom is -0.295 e. The summed E-state index contributed by atoms with van der Waals surface area (Å²) < 4.78 is 0. The van der Waals surface area contributed by atoms with Crippen molar-refractivity contribution < 1.29 is 4.79 Å². The quantitative estimate of drug-likeness (QED) is 0.618. The summed E-state index contributed by atoms with van der Waals surface area (Å²) in [5.41, 5.74) is 0.953. The molecule has 0 aromatic rings. The first-order chi connectivity index (χ1) is 6.34. The number of carbonyl (C=O) groups is 1. The van der Waals surface area contributed by atoms with Crippen LogP contribution in [0, 0.1) is 11.3 Å². The fraction of sp³-hybridized carbons (Fsp3) is 0.455. The van der Waals surface area contributed by atoms with Crippen molar-refractivity contribution in [2.45, 2.75) is 32.1 Å². The van der Waals surface area contributed by atoms with Gasteiger partial charge in [-0.15, -0.1) is 0 Å². The normalized spacial score (nSPS) is 17.2. The van der Waals surface area contributed by atoms with Crippen LogP contribution in [-0.4, -0.2) is 5.78 Å². The van der Waals surface area contributed by atoms with Crippen LogP contribution >= 0.6 is 0 Å². The van der Waals surface area contributed by atoms with Crippen molar-refractivity contribution in [3.05, 3.63) is 23.8 Å². The van der Waals surface area contributed by atoms with E-state index in [9.17, 15) is 4.79 Å². The van der Waals surface area contributed by atoms with Crippen molar-refractivity contribution in [1.82, 2.24) is 0 Å². The van der Waals surface area contributed by atoms with Gasteiger partial charge in [0.25, 0.3) is 0 Å². The van der Waals surface area contributed by atoms with E-state index in [1.807, 2.05) is 18.2 Å². The van der Waals surface area contributed by atoms with Crippen molar-refractivity contribution in [3.8, 4) is 6.07 Å². The highest BCUT2D eigenvalue weighted by Gasteiger charge is 2.11. The summed E-state index contributed by atoms with van der Waals surface area (Å²) in [6.45, 7) is 0. The van der Waals surface area contributed by atoms with E-state index in [1.54, 1.807) is 0 Å². The minimum absolute atomic E-state index is 0.289. The maximum atomic E-state index is 11.3. The Bertz CT molecular complexity index is 281. The summed E-state index contributed by atoms with van der Waals surface area (Å²) in [5.74, 6) is 0.289. The van der Waals surface area contributed by atoms with Crippen LogP contribution in [0.15, 0.2) is 23.8 Å². The topological polar surface area (TPSA) is 40.9 Å². The first-order valence-electron chi connectivity index (χ1n) is 4.61. The van der Waals surface area contributed by atoms with Crippen molar-refractivity contribution in [3.63, 3.8) is 0 Å². The summed E-state index contributed by atoms with van der Waals surface area (Å²) in [6.07, 6.45) is 9.62. The summed E-state index contributed by atoms with van der Waals surface area (Å²) in [6, 6.07) is 1.93. The number of nitrogens with zero attached hydrogens (tertiary/aromatic N) is 1. The summed E-state index contributed by atoms with van der Waals surface area (Å²) in [5, 5.41) is 8.24. The predicted octanol–water partition coefficient (Wildman–Crippen LogP) is 2.53. The SMILES string of the molecule is N#C/C=C/CCC1=CCCCC1=O. The highest BCUT2D eigenvalue weighted by atomic mass is 16.1. The van der Waals surface area contributed by atoms with E-state index in [2.05, 4.69) is 0 Å². The second-order valence-electron chi connectivity index (χ2n) is 3.11. The molecule has 0 saturated heterocycles. The number of Topliss-reactive ketones (excluding diaryl/α,β-unsaturated/α-hetero) is 1. The first-order valence-corrected chi connectivity index (χ1v) is 4.61. The maximum Gasteiger partial charge on any atom is 0.158 e. The third-order valence-electron chi connectivity index (χ3n) is 2.13. The lowest BCUT2D eigenvalue weighted by Crippen LogP contribution is -2.06. The maximum absolute atomic E-state index is 11.3. The average molecular weight is 175 g/mol. The van der Waals surface area contributed by atoms with Crippen molar-refractivity contribution >= 4 is 5.78 Å². The molecular formula is C11H13NO. The van der Waals surface area contributed by atoms with Gasteiger partial charge in [-0.05, 0) is 31.3 Å². The third-order valence-corrected chi connectivity index (χ3v) is 2.13. The van der Waals surface area contributed by atoms with E-state index < -0.39 is 0 Å². The second kappa shape index (κ2) is 5.31. The van der Waals surface area contributed by atoms with Crippen LogP contribution in [0.2, 0.25) is 0 Å². The molecule has 13 heavy (non-hydrogen) atoms. The van der Waals surface area contributed by atoms with E-state index in [0.29, 0.717) is 6.42 Å². The Balaban J connectivity index is 2.36. The van der Waals surface area contributed by atoms with Gasteiger partial charge in [-0.1, -0.05) is 12.2 Å². The van der Waals surface area contributed by atoms with Gasteiger partial charge >= 0.3 is 0 Å². The van der Waals surface area contributed by atoms with E-state index in [0.717, 1.165) is 31.3 Å². The van der Waals surface area contributed by atoms with E-state index >= 15 is 0 Å². The fourth-order valence-corrected chi connectivity index (χ4v) is 1.43. The zero-order valence-corrected chi connectivity index (χ0v) is 7.62. The van der Waals surface area contributed by atoms with Crippen LogP contribution in [0.3, 0.4) is 0 Å². The number of hydrogen-bond donors (Lipinski definition) is 0. The molecule has 2 nitrogen and oxygen atoms in total. The standard InChI is InChI=1S/C11H13NO/c12-9-5-1-2-6-10-7-3-4-8-11(10)13/h1,5,7H,2-4,6,8H2/b5-1+. The Morgan fingerprint density at radius 3 is 3.15 bits per heavy atom. The lowest BCUT2D eigenvalue weighted by atomic mass is 9.95. The molecule has 0 aromatic heterocycles. The summed E-state index contributed by atoms with van der Waals surface area (Å²) >= 11 is 0.